The highest BCUT2D eigenvalue weighted by atomic mass is 32.1. The average molecular weight is 219 g/mol. The van der Waals surface area contributed by atoms with Crippen LogP contribution in [0.4, 0.5) is 5.69 Å². The molecule has 3 nitrogen and oxygen atoms in total. The highest BCUT2D eigenvalue weighted by Gasteiger charge is 2.25. The SMILES string of the molecule is Cc1nc2cccc(N3CC(N)C3)c2s1. The maximum Gasteiger partial charge on any atom is 0.0908 e. The quantitative estimate of drug-likeness (QED) is 0.794. The number of thiazole rings is 1. The zero-order chi connectivity index (χ0) is 10.4. The molecule has 1 aliphatic heterocycles. The van der Waals surface area contributed by atoms with Gasteiger partial charge in [-0.2, -0.15) is 0 Å². The lowest BCUT2D eigenvalue weighted by atomic mass is 10.1. The Bertz CT molecular complexity index is 500. The summed E-state index contributed by atoms with van der Waals surface area (Å²) in [5, 5.41) is 1.13. The van der Waals surface area contributed by atoms with Crippen LogP contribution in [0.3, 0.4) is 0 Å². The predicted octanol–water partition coefficient (Wildman–Crippen LogP) is 1.75. The van der Waals surface area contributed by atoms with E-state index in [2.05, 4.69) is 35.0 Å². The number of rotatable bonds is 1. The van der Waals surface area contributed by atoms with Crippen molar-refractivity contribution in [1.29, 1.82) is 0 Å². The van der Waals surface area contributed by atoms with Crippen LogP contribution in [0.2, 0.25) is 0 Å². The number of hydrogen-bond donors (Lipinski definition) is 1. The second-order valence-electron chi connectivity index (χ2n) is 4.02. The molecule has 0 radical (unpaired) electrons. The molecule has 1 aliphatic rings. The maximum absolute atomic E-state index is 5.80. The monoisotopic (exact) mass is 219 g/mol. The van der Waals surface area contributed by atoms with Gasteiger partial charge in [0, 0.05) is 19.1 Å². The van der Waals surface area contributed by atoms with Crippen LogP contribution in [0, 0.1) is 6.92 Å². The lowest BCUT2D eigenvalue weighted by molar-refractivity contribution is 0.521. The molecule has 2 N–H and O–H groups in total. The van der Waals surface area contributed by atoms with E-state index >= 15 is 0 Å². The van der Waals surface area contributed by atoms with Crippen LogP contribution in [0.1, 0.15) is 5.01 Å². The Morgan fingerprint density at radius 3 is 3.00 bits per heavy atom. The molecule has 0 atom stereocenters. The van der Waals surface area contributed by atoms with Gasteiger partial charge in [-0.1, -0.05) is 6.07 Å². The first-order valence-electron chi connectivity index (χ1n) is 5.11. The third-order valence-corrected chi connectivity index (χ3v) is 3.76. The van der Waals surface area contributed by atoms with Gasteiger partial charge in [0.15, 0.2) is 0 Å². The summed E-state index contributed by atoms with van der Waals surface area (Å²) < 4.78 is 1.29. The van der Waals surface area contributed by atoms with Gasteiger partial charge in [0.1, 0.15) is 0 Å². The summed E-state index contributed by atoms with van der Waals surface area (Å²) in [5.41, 5.74) is 8.20. The summed E-state index contributed by atoms with van der Waals surface area (Å²) in [6.45, 7) is 3.99. The van der Waals surface area contributed by atoms with E-state index in [0.29, 0.717) is 6.04 Å². The van der Waals surface area contributed by atoms with Gasteiger partial charge >= 0.3 is 0 Å². The molecule has 1 aromatic heterocycles. The van der Waals surface area contributed by atoms with Crippen LogP contribution in [-0.2, 0) is 0 Å². The van der Waals surface area contributed by atoms with Gasteiger partial charge in [0.05, 0.1) is 20.9 Å². The minimum Gasteiger partial charge on any atom is -0.367 e. The number of benzene rings is 1. The Balaban J connectivity index is 2.09. The number of aryl methyl sites for hydroxylation is 1. The van der Waals surface area contributed by atoms with Gasteiger partial charge in [-0.25, -0.2) is 4.98 Å². The van der Waals surface area contributed by atoms with E-state index in [1.165, 1.54) is 10.4 Å². The van der Waals surface area contributed by atoms with Crippen molar-refractivity contribution in [3.8, 4) is 0 Å². The number of aromatic nitrogens is 1. The molecule has 0 aliphatic carbocycles. The second-order valence-corrected chi connectivity index (χ2v) is 5.23. The van der Waals surface area contributed by atoms with Crippen molar-refractivity contribution >= 4 is 27.2 Å². The van der Waals surface area contributed by atoms with Crippen molar-refractivity contribution in [2.75, 3.05) is 18.0 Å². The van der Waals surface area contributed by atoms with Crippen molar-refractivity contribution in [3.05, 3.63) is 23.2 Å². The van der Waals surface area contributed by atoms with Crippen LogP contribution in [-0.4, -0.2) is 24.1 Å². The summed E-state index contributed by atoms with van der Waals surface area (Å²) in [4.78, 5) is 6.82. The summed E-state index contributed by atoms with van der Waals surface area (Å²) in [6.07, 6.45) is 0. The first-order valence-corrected chi connectivity index (χ1v) is 5.92. The second kappa shape index (κ2) is 3.18. The number of anilines is 1. The molecule has 1 fully saturated rings. The van der Waals surface area contributed by atoms with Gasteiger partial charge in [0.25, 0.3) is 0 Å². The first kappa shape index (κ1) is 9.12. The normalized spacial score (nSPS) is 17.1. The largest absolute Gasteiger partial charge is 0.367 e. The lowest BCUT2D eigenvalue weighted by Crippen LogP contribution is -2.55. The molecule has 78 valence electrons. The summed E-state index contributed by atoms with van der Waals surface area (Å²) in [5.74, 6) is 0. The first-order chi connectivity index (χ1) is 7.24. The van der Waals surface area contributed by atoms with Crippen LogP contribution in [0.25, 0.3) is 10.2 Å². The minimum absolute atomic E-state index is 0.342. The smallest absolute Gasteiger partial charge is 0.0908 e. The molecule has 0 unspecified atom stereocenters. The topological polar surface area (TPSA) is 42.2 Å². The van der Waals surface area contributed by atoms with Crippen LogP contribution in [0.5, 0.6) is 0 Å². The zero-order valence-corrected chi connectivity index (χ0v) is 9.42. The van der Waals surface area contributed by atoms with Crippen molar-refractivity contribution in [1.82, 2.24) is 4.98 Å². The number of hydrogen-bond acceptors (Lipinski definition) is 4. The molecule has 0 amide bonds. The molecule has 2 heterocycles. The maximum atomic E-state index is 5.80. The molecular weight excluding hydrogens is 206 g/mol. The van der Waals surface area contributed by atoms with Crippen LogP contribution in [0.15, 0.2) is 18.2 Å². The average Bonchev–Trinajstić information content (AvgIpc) is 2.53. The van der Waals surface area contributed by atoms with Gasteiger partial charge in [0.2, 0.25) is 0 Å². The van der Waals surface area contributed by atoms with Gasteiger partial charge in [-0.3, -0.25) is 0 Å². The Morgan fingerprint density at radius 1 is 1.47 bits per heavy atom. The van der Waals surface area contributed by atoms with Crippen LogP contribution < -0.4 is 10.6 Å². The van der Waals surface area contributed by atoms with Crippen molar-refractivity contribution in [2.24, 2.45) is 5.73 Å². The molecule has 0 saturated carbocycles. The van der Waals surface area contributed by atoms with E-state index in [-0.39, 0.29) is 0 Å². The van der Waals surface area contributed by atoms with Crippen molar-refractivity contribution in [3.63, 3.8) is 0 Å². The highest BCUT2D eigenvalue weighted by molar-refractivity contribution is 7.19. The summed E-state index contributed by atoms with van der Waals surface area (Å²) >= 11 is 1.76. The van der Waals surface area contributed by atoms with Crippen LogP contribution >= 0.6 is 11.3 Å². The van der Waals surface area contributed by atoms with Crippen molar-refractivity contribution in [2.45, 2.75) is 13.0 Å². The van der Waals surface area contributed by atoms with Gasteiger partial charge in [-0.05, 0) is 19.1 Å². The Morgan fingerprint density at radius 2 is 2.27 bits per heavy atom. The summed E-state index contributed by atoms with van der Waals surface area (Å²) in [6, 6.07) is 6.64. The predicted molar refractivity (Wildman–Crippen MR) is 64.5 cm³/mol. The number of nitrogens with zero attached hydrogens (tertiary/aromatic N) is 2. The van der Waals surface area contributed by atoms with E-state index in [1.54, 1.807) is 11.3 Å². The van der Waals surface area contributed by atoms with E-state index in [4.69, 9.17) is 5.73 Å². The molecule has 0 spiro atoms. The van der Waals surface area contributed by atoms with Gasteiger partial charge < -0.3 is 10.6 Å². The lowest BCUT2D eigenvalue weighted by Gasteiger charge is -2.38. The fourth-order valence-electron chi connectivity index (χ4n) is 2.00. The molecule has 2 aromatic rings. The molecule has 15 heavy (non-hydrogen) atoms. The van der Waals surface area contributed by atoms with E-state index in [9.17, 15) is 0 Å². The fourth-order valence-corrected chi connectivity index (χ4v) is 2.96. The van der Waals surface area contributed by atoms with E-state index in [1.807, 2.05) is 0 Å². The van der Waals surface area contributed by atoms with Gasteiger partial charge in [-0.15, -0.1) is 11.3 Å². The Kier molecular flexibility index (Phi) is 1.94. The molecule has 1 saturated heterocycles. The minimum atomic E-state index is 0.342. The Hall–Kier alpha value is -1.13. The van der Waals surface area contributed by atoms with Crippen molar-refractivity contribution < 1.29 is 0 Å². The standard InChI is InChI=1S/C11H13N3S/c1-7-13-9-3-2-4-10(11(9)15-7)14-5-8(12)6-14/h2-4,8H,5-6,12H2,1H3. The Labute approximate surface area is 92.5 Å². The zero-order valence-electron chi connectivity index (χ0n) is 8.60. The van der Waals surface area contributed by atoms with E-state index in [0.717, 1.165) is 23.6 Å². The third kappa shape index (κ3) is 1.41. The third-order valence-electron chi connectivity index (χ3n) is 2.75. The van der Waals surface area contributed by atoms with E-state index < -0.39 is 0 Å². The molecule has 3 rings (SSSR count). The number of fused-ring (bicyclic) bond motifs is 1. The molecule has 1 aromatic carbocycles. The molecule has 4 heteroatoms. The molecular formula is C11H13N3S. The highest BCUT2D eigenvalue weighted by Crippen LogP contribution is 2.33. The molecule has 0 bridgehead atoms. The number of nitrogens with two attached hydrogens (primary N) is 1. The fraction of sp³-hybridized carbons (Fsp3) is 0.364. The summed E-state index contributed by atoms with van der Waals surface area (Å²) in [7, 11) is 0.